The number of rotatable bonds is 6. The molecule has 0 spiro atoms. The maximum atomic E-state index is 13.4. The molecule has 0 saturated heterocycles. The molecule has 4 rings (SSSR count). The minimum Gasteiger partial charge on any atom is -0.497 e. The molecule has 0 unspecified atom stereocenters. The third kappa shape index (κ3) is 4.26. The summed E-state index contributed by atoms with van der Waals surface area (Å²) in [4.78, 5) is 38.6. The number of ether oxygens (including phenoxy) is 1. The van der Waals surface area contributed by atoms with Gasteiger partial charge in [0.1, 0.15) is 22.8 Å². The van der Waals surface area contributed by atoms with Crippen molar-refractivity contribution < 1.29 is 13.9 Å². The Bertz CT molecular complexity index is 1370. The number of carbonyl (C=O) groups is 1. The minimum atomic E-state index is -0.596. The first kappa shape index (κ1) is 20.5. The Kier molecular flexibility index (Phi) is 5.68. The van der Waals surface area contributed by atoms with E-state index < -0.39 is 23.0 Å². The van der Waals surface area contributed by atoms with Gasteiger partial charge in [-0.2, -0.15) is 0 Å². The average Bonchev–Trinajstić information content (AvgIpc) is 3.25. The molecule has 2 aromatic heterocycles. The Morgan fingerprint density at radius 1 is 1.10 bits per heavy atom. The van der Waals surface area contributed by atoms with Gasteiger partial charge in [0.15, 0.2) is 0 Å². The van der Waals surface area contributed by atoms with Crippen LogP contribution >= 0.6 is 11.3 Å². The lowest BCUT2D eigenvalue weighted by Crippen LogP contribution is -2.41. The first-order chi connectivity index (χ1) is 15.0. The molecule has 0 bridgehead atoms. The van der Waals surface area contributed by atoms with Crippen molar-refractivity contribution in [2.75, 3.05) is 12.4 Å². The summed E-state index contributed by atoms with van der Waals surface area (Å²) in [5.41, 5.74) is 0.409. The van der Waals surface area contributed by atoms with Gasteiger partial charge >= 0.3 is 5.69 Å². The van der Waals surface area contributed by atoms with Gasteiger partial charge in [-0.1, -0.05) is 18.2 Å². The molecule has 0 aliphatic rings. The van der Waals surface area contributed by atoms with E-state index in [2.05, 4.69) is 5.32 Å². The van der Waals surface area contributed by atoms with Gasteiger partial charge in [-0.15, -0.1) is 11.3 Å². The van der Waals surface area contributed by atoms with E-state index in [9.17, 15) is 18.8 Å². The fourth-order valence-corrected chi connectivity index (χ4v) is 4.09. The Balaban J connectivity index is 1.69. The van der Waals surface area contributed by atoms with Crippen molar-refractivity contribution in [3.05, 3.63) is 92.2 Å². The summed E-state index contributed by atoms with van der Waals surface area (Å²) in [6.45, 7) is -0.257. The molecule has 1 N–H and O–H groups in total. The third-order valence-corrected chi connectivity index (χ3v) is 5.64. The number of nitrogens with one attached hydrogen (secondary N) is 1. The lowest BCUT2D eigenvalue weighted by atomic mass is 10.2. The number of aromatic nitrogens is 2. The van der Waals surface area contributed by atoms with Crippen molar-refractivity contribution in [3.63, 3.8) is 0 Å². The van der Waals surface area contributed by atoms with Crippen LogP contribution < -0.4 is 21.3 Å². The molecule has 0 atom stereocenters. The molecule has 1 amide bonds. The standard InChI is InChI=1S/C22H18FN3O4S/c1-30-17-7-5-14(6-8-17)12-26-21(28)20-18(9-10-31-20)25(22(26)29)13-19(27)24-16-4-2-3-15(23)11-16/h2-11H,12-13H2,1H3,(H,24,27). The average molecular weight is 439 g/mol. The van der Waals surface area contributed by atoms with Gasteiger partial charge in [-0.3, -0.25) is 18.7 Å². The fourth-order valence-electron chi connectivity index (χ4n) is 3.25. The first-order valence-electron chi connectivity index (χ1n) is 9.35. The zero-order valence-corrected chi connectivity index (χ0v) is 17.3. The summed E-state index contributed by atoms with van der Waals surface area (Å²) in [7, 11) is 1.55. The van der Waals surface area contributed by atoms with Gasteiger partial charge < -0.3 is 10.1 Å². The molecule has 31 heavy (non-hydrogen) atoms. The topological polar surface area (TPSA) is 82.3 Å². The molecular formula is C22H18FN3O4S. The van der Waals surface area contributed by atoms with Crippen LogP contribution in [0.3, 0.4) is 0 Å². The Morgan fingerprint density at radius 3 is 2.58 bits per heavy atom. The van der Waals surface area contributed by atoms with E-state index in [0.29, 0.717) is 16.0 Å². The number of methoxy groups -OCH3 is 1. The van der Waals surface area contributed by atoms with Crippen LogP contribution in [0.2, 0.25) is 0 Å². The van der Waals surface area contributed by atoms with Crippen molar-refractivity contribution in [1.29, 1.82) is 0 Å². The molecule has 7 nitrogen and oxygen atoms in total. The van der Waals surface area contributed by atoms with Gasteiger partial charge in [-0.05, 0) is 47.3 Å². The van der Waals surface area contributed by atoms with Crippen LogP contribution in [0, 0.1) is 5.82 Å². The molecule has 158 valence electrons. The van der Waals surface area contributed by atoms with Gasteiger partial charge in [-0.25, -0.2) is 9.18 Å². The quantitative estimate of drug-likeness (QED) is 0.501. The highest BCUT2D eigenvalue weighted by Crippen LogP contribution is 2.17. The number of thiophene rings is 1. The zero-order valence-electron chi connectivity index (χ0n) is 16.5. The number of halogens is 1. The van der Waals surface area contributed by atoms with Crippen LogP contribution in [0.25, 0.3) is 10.2 Å². The van der Waals surface area contributed by atoms with Crippen LogP contribution in [0.1, 0.15) is 5.56 Å². The van der Waals surface area contributed by atoms with E-state index in [1.165, 1.54) is 34.1 Å². The maximum absolute atomic E-state index is 13.4. The number of amides is 1. The molecule has 9 heteroatoms. The third-order valence-electron chi connectivity index (χ3n) is 4.75. The smallest absolute Gasteiger partial charge is 0.332 e. The van der Waals surface area contributed by atoms with Crippen LogP contribution in [0.5, 0.6) is 5.75 Å². The Labute approximate surface area is 180 Å². The number of anilines is 1. The highest BCUT2D eigenvalue weighted by Gasteiger charge is 2.17. The lowest BCUT2D eigenvalue weighted by molar-refractivity contribution is -0.116. The molecule has 0 radical (unpaired) electrons. The molecule has 0 saturated carbocycles. The summed E-state index contributed by atoms with van der Waals surface area (Å²) in [6, 6.07) is 14.1. The highest BCUT2D eigenvalue weighted by atomic mass is 32.1. The monoisotopic (exact) mass is 439 g/mol. The van der Waals surface area contributed by atoms with E-state index in [-0.39, 0.29) is 18.8 Å². The summed E-state index contributed by atoms with van der Waals surface area (Å²) in [6.07, 6.45) is 0. The van der Waals surface area contributed by atoms with Crippen LogP contribution in [0.15, 0.2) is 69.6 Å². The van der Waals surface area contributed by atoms with E-state index in [1.54, 1.807) is 48.9 Å². The van der Waals surface area contributed by atoms with E-state index in [1.807, 2.05) is 0 Å². The number of hydrogen-bond donors (Lipinski definition) is 1. The SMILES string of the molecule is COc1ccc(Cn2c(=O)c3sccc3n(CC(=O)Nc3cccc(F)c3)c2=O)cc1. The predicted octanol–water partition coefficient (Wildman–Crippen LogP) is 3.06. The molecule has 2 aromatic carbocycles. The number of nitrogens with zero attached hydrogens (tertiary/aromatic N) is 2. The summed E-state index contributed by atoms with van der Waals surface area (Å²) in [5.74, 6) is -0.325. The van der Waals surface area contributed by atoms with Gasteiger partial charge in [0.05, 0.1) is 19.2 Å². The Morgan fingerprint density at radius 2 is 1.87 bits per heavy atom. The predicted molar refractivity (Wildman–Crippen MR) is 117 cm³/mol. The largest absolute Gasteiger partial charge is 0.497 e. The molecule has 0 aliphatic heterocycles. The summed E-state index contributed by atoms with van der Waals surface area (Å²) < 4.78 is 21.3. The number of fused-ring (bicyclic) bond motifs is 1. The number of benzene rings is 2. The molecule has 2 heterocycles. The lowest BCUT2D eigenvalue weighted by Gasteiger charge is -2.13. The second kappa shape index (κ2) is 8.57. The molecule has 0 aliphatic carbocycles. The van der Waals surface area contributed by atoms with Crippen LogP contribution in [0.4, 0.5) is 10.1 Å². The second-order valence-corrected chi connectivity index (χ2v) is 7.72. The summed E-state index contributed by atoms with van der Waals surface area (Å²) in [5, 5.41) is 4.27. The molecule has 0 fully saturated rings. The van der Waals surface area contributed by atoms with Gasteiger partial charge in [0.25, 0.3) is 5.56 Å². The van der Waals surface area contributed by atoms with Crippen molar-refractivity contribution >= 4 is 33.1 Å². The fraction of sp³-hybridized carbons (Fsp3) is 0.136. The van der Waals surface area contributed by atoms with Crippen molar-refractivity contribution in [2.24, 2.45) is 0 Å². The highest BCUT2D eigenvalue weighted by molar-refractivity contribution is 7.17. The maximum Gasteiger partial charge on any atom is 0.332 e. The minimum absolute atomic E-state index is 0.0566. The molecular weight excluding hydrogens is 421 g/mol. The number of hydrogen-bond acceptors (Lipinski definition) is 5. The first-order valence-corrected chi connectivity index (χ1v) is 10.2. The van der Waals surface area contributed by atoms with E-state index >= 15 is 0 Å². The second-order valence-electron chi connectivity index (χ2n) is 6.80. The van der Waals surface area contributed by atoms with E-state index in [4.69, 9.17) is 4.74 Å². The Hall–Kier alpha value is -3.72. The summed E-state index contributed by atoms with van der Waals surface area (Å²) >= 11 is 1.21. The van der Waals surface area contributed by atoms with E-state index in [0.717, 1.165) is 10.1 Å². The normalized spacial score (nSPS) is 10.9. The van der Waals surface area contributed by atoms with Crippen molar-refractivity contribution in [2.45, 2.75) is 13.1 Å². The molecule has 4 aromatic rings. The van der Waals surface area contributed by atoms with Crippen LogP contribution in [-0.2, 0) is 17.9 Å². The van der Waals surface area contributed by atoms with Gasteiger partial charge in [0, 0.05) is 5.69 Å². The van der Waals surface area contributed by atoms with Gasteiger partial charge in [0.2, 0.25) is 5.91 Å². The number of carbonyl (C=O) groups excluding carboxylic acids is 1. The van der Waals surface area contributed by atoms with Crippen molar-refractivity contribution in [1.82, 2.24) is 9.13 Å². The zero-order chi connectivity index (χ0) is 22.0. The van der Waals surface area contributed by atoms with Crippen molar-refractivity contribution in [3.8, 4) is 5.75 Å². The van der Waals surface area contributed by atoms with Crippen LogP contribution in [-0.4, -0.2) is 22.2 Å².